The Labute approximate surface area is 126 Å². The van der Waals surface area contributed by atoms with Gasteiger partial charge in [0.15, 0.2) is 0 Å². The van der Waals surface area contributed by atoms with E-state index in [1.165, 1.54) is 6.42 Å². The summed E-state index contributed by atoms with van der Waals surface area (Å²) in [6.45, 7) is 4.40. The third kappa shape index (κ3) is 3.82. The SMILES string of the molecule is CCSC1CCC(NC(=O)NC2CCCC2(C)CO)C1. The van der Waals surface area contributed by atoms with Gasteiger partial charge in [-0.15, -0.1) is 0 Å². The molecule has 0 aromatic heterocycles. The minimum absolute atomic E-state index is 0.0521. The molecule has 2 amide bonds. The molecule has 2 saturated carbocycles. The van der Waals surface area contributed by atoms with Crippen LogP contribution in [0.3, 0.4) is 0 Å². The maximum absolute atomic E-state index is 12.1. The molecule has 2 rings (SSSR count). The number of carbonyl (C=O) groups excluding carboxylic acids is 1. The van der Waals surface area contributed by atoms with E-state index in [2.05, 4.69) is 24.5 Å². The fraction of sp³-hybridized carbons (Fsp3) is 0.933. The van der Waals surface area contributed by atoms with Gasteiger partial charge in [-0.1, -0.05) is 20.3 Å². The number of thioether (sulfide) groups is 1. The van der Waals surface area contributed by atoms with Crippen LogP contribution in [0.4, 0.5) is 4.79 Å². The largest absolute Gasteiger partial charge is 0.396 e. The first-order valence-corrected chi connectivity index (χ1v) is 8.91. The summed E-state index contributed by atoms with van der Waals surface area (Å²) in [6, 6.07) is 0.374. The van der Waals surface area contributed by atoms with Crippen LogP contribution in [-0.4, -0.2) is 40.8 Å². The number of aliphatic hydroxyl groups is 1. The lowest BCUT2D eigenvalue weighted by molar-refractivity contribution is 0.120. The van der Waals surface area contributed by atoms with Crippen molar-refractivity contribution >= 4 is 17.8 Å². The average Bonchev–Trinajstić information content (AvgIpc) is 2.99. The lowest BCUT2D eigenvalue weighted by Gasteiger charge is -2.30. The van der Waals surface area contributed by atoms with Crippen LogP contribution in [0.1, 0.15) is 52.4 Å². The Bertz CT molecular complexity index is 340. The number of amides is 2. The van der Waals surface area contributed by atoms with Gasteiger partial charge in [0, 0.05) is 22.7 Å². The van der Waals surface area contributed by atoms with Gasteiger partial charge in [-0.05, 0) is 37.9 Å². The number of hydrogen-bond donors (Lipinski definition) is 3. The molecule has 0 aliphatic heterocycles. The second-order valence-electron chi connectivity index (χ2n) is 6.46. The molecule has 4 atom stereocenters. The second kappa shape index (κ2) is 7.03. The topological polar surface area (TPSA) is 61.4 Å². The minimum atomic E-state index is -0.145. The molecule has 0 heterocycles. The van der Waals surface area contributed by atoms with Crippen molar-refractivity contribution in [1.82, 2.24) is 10.6 Å². The van der Waals surface area contributed by atoms with E-state index in [0.717, 1.165) is 37.9 Å². The first-order chi connectivity index (χ1) is 9.57. The second-order valence-corrected chi connectivity index (χ2v) is 8.04. The summed E-state index contributed by atoms with van der Waals surface area (Å²) in [5.41, 5.74) is -0.145. The van der Waals surface area contributed by atoms with E-state index in [4.69, 9.17) is 0 Å². The van der Waals surface area contributed by atoms with Crippen molar-refractivity contribution in [2.75, 3.05) is 12.4 Å². The molecule has 2 fully saturated rings. The number of urea groups is 1. The summed E-state index contributed by atoms with van der Waals surface area (Å²) in [6.07, 6.45) is 6.44. The molecule has 2 aliphatic carbocycles. The molecule has 0 radical (unpaired) electrons. The molecule has 0 aromatic carbocycles. The predicted octanol–water partition coefficient (Wildman–Crippen LogP) is 2.51. The molecule has 0 aromatic rings. The highest BCUT2D eigenvalue weighted by Crippen LogP contribution is 2.37. The van der Waals surface area contributed by atoms with E-state index < -0.39 is 0 Å². The van der Waals surface area contributed by atoms with E-state index in [9.17, 15) is 9.90 Å². The van der Waals surface area contributed by atoms with E-state index in [0.29, 0.717) is 11.3 Å². The first kappa shape index (κ1) is 16.0. The predicted molar refractivity (Wildman–Crippen MR) is 84.1 cm³/mol. The molecule has 4 nitrogen and oxygen atoms in total. The molecular formula is C15H28N2O2S. The van der Waals surface area contributed by atoms with Crippen molar-refractivity contribution in [3.05, 3.63) is 0 Å². The van der Waals surface area contributed by atoms with E-state index in [1.54, 1.807) is 0 Å². The van der Waals surface area contributed by atoms with Gasteiger partial charge in [-0.2, -0.15) is 11.8 Å². The Balaban J connectivity index is 1.76. The quantitative estimate of drug-likeness (QED) is 0.731. The lowest BCUT2D eigenvalue weighted by Crippen LogP contribution is -2.50. The Morgan fingerprint density at radius 3 is 2.85 bits per heavy atom. The Morgan fingerprint density at radius 2 is 2.15 bits per heavy atom. The fourth-order valence-electron chi connectivity index (χ4n) is 3.51. The Hall–Kier alpha value is -0.420. The zero-order valence-corrected chi connectivity index (χ0v) is 13.5. The third-order valence-electron chi connectivity index (χ3n) is 4.87. The van der Waals surface area contributed by atoms with Crippen molar-refractivity contribution in [3.63, 3.8) is 0 Å². The molecule has 2 aliphatic rings. The summed E-state index contributed by atoms with van der Waals surface area (Å²) in [7, 11) is 0. The maximum Gasteiger partial charge on any atom is 0.315 e. The standard InChI is InChI=1S/C15H28N2O2S/c1-3-20-12-7-6-11(9-12)16-14(19)17-13-5-4-8-15(13,2)10-18/h11-13,18H,3-10H2,1-2H3,(H2,16,17,19). The van der Waals surface area contributed by atoms with Crippen LogP contribution in [0.15, 0.2) is 0 Å². The van der Waals surface area contributed by atoms with Gasteiger partial charge in [-0.3, -0.25) is 0 Å². The van der Waals surface area contributed by atoms with Gasteiger partial charge in [0.25, 0.3) is 0 Å². The summed E-state index contributed by atoms with van der Waals surface area (Å²) in [5, 5.41) is 16.4. The molecule has 5 heteroatoms. The zero-order valence-electron chi connectivity index (χ0n) is 12.7. The number of nitrogens with one attached hydrogen (secondary N) is 2. The van der Waals surface area contributed by atoms with E-state index in [-0.39, 0.29) is 24.1 Å². The molecule has 0 bridgehead atoms. The first-order valence-electron chi connectivity index (χ1n) is 7.87. The van der Waals surface area contributed by atoms with Crippen LogP contribution >= 0.6 is 11.8 Å². The minimum Gasteiger partial charge on any atom is -0.396 e. The average molecular weight is 300 g/mol. The van der Waals surface area contributed by atoms with Crippen LogP contribution in [0.2, 0.25) is 0 Å². The maximum atomic E-state index is 12.1. The summed E-state index contributed by atoms with van der Waals surface area (Å²) in [4.78, 5) is 12.1. The van der Waals surface area contributed by atoms with Crippen molar-refractivity contribution in [2.45, 2.75) is 69.7 Å². The summed E-state index contributed by atoms with van der Waals surface area (Å²) < 4.78 is 0. The fourth-order valence-corrected chi connectivity index (χ4v) is 4.65. The van der Waals surface area contributed by atoms with Crippen molar-refractivity contribution < 1.29 is 9.90 Å². The molecule has 3 N–H and O–H groups in total. The van der Waals surface area contributed by atoms with Gasteiger partial charge in [0.2, 0.25) is 0 Å². The van der Waals surface area contributed by atoms with Crippen molar-refractivity contribution in [3.8, 4) is 0 Å². The van der Waals surface area contributed by atoms with Gasteiger partial charge >= 0.3 is 6.03 Å². The van der Waals surface area contributed by atoms with E-state index >= 15 is 0 Å². The number of aliphatic hydroxyl groups excluding tert-OH is 1. The van der Waals surface area contributed by atoms with Crippen LogP contribution in [-0.2, 0) is 0 Å². The molecule has 4 unspecified atom stereocenters. The van der Waals surface area contributed by atoms with Crippen LogP contribution in [0, 0.1) is 5.41 Å². The summed E-state index contributed by atoms with van der Waals surface area (Å²) in [5.74, 6) is 1.15. The number of hydrogen-bond acceptors (Lipinski definition) is 3. The molecule has 0 saturated heterocycles. The molecule has 0 spiro atoms. The normalized spacial score (nSPS) is 37.0. The van der Waals surface area contributed by atoms with Gasteiger partial charge < -0.3 is 15.7 Å². The monoisotopic (exact) mass is 300 g/mol. The van der Waals surface area contributed by atoms with Gasteiger partial charge in [0.05, 0.1) is 6.61 Å². The zero-order chi connectivity index (χ0) is 14.6. The van der Waals surface area contributed by atoms with Gasteiger partial charge in [-0.25, -0.2) is 4.79 Å². The van der Waals surface area contributed by atoms with Gasteiger partial charge in [0.1, 0.15) is 0 Å². The van der Waals surface area contributed by atoms with Crippen molar-refractivity contribution in [1.29, 1.82) is 0 Å². The molecule has 20 heavy (non-hydrogen) atoms. The molecular weight excluding hydrogens is 272 g/mol. The van der Waals surface area contributed by atoms with E-state index in [1.807, 2.05) is 11.8 Å². The third-order valence-corrected chi connectivity index (χ3v) is 6.10. The number of carbonyl (C=O) groups is 1. The van der Waals surface area contributed by atoms with Crippen LogP contribution < -0.4 is 10.6 Å². The Morgan fingerprint density at radius 1 is 1.35 bits per heavy atom. The van der Waals surface area contributed by atoms with Crippen LogP contribution in [0.25, 0.3) is 0 Å². The highest BCUT2D eigenvalue weighted by atomic mass is 32.2. The summed E-state index contributed by atoms with van der Waals surface area (Å²) >= 11 is 2.00. The highest BCUT2D eigenvalue weighted by molar-refractivity contribution is 7.99. The molecule has 116 valence electrons. The number of rotatable bonds is 5. The highest BCUT2D eigenvalue weighted by Gasteiger charge is 2.39. The Kier molecular flexibility index (Phi) is 5.61. The van der Waals surface area contributed by atoms with Crippen molar-refractivity contribution in [2.24, 2.45) is 5.41 Å². The smallest absolute Gasteiger partial charge is 0.315 e. The lowest BCUT2D eigenvalue weighted by atomic mass is 9.86. The van der Waals surface area contributed by atoms with Crippen LogP contribution in [0.5, 0.6) is 0 Å².